The minimum Gasteiger partial charge on any atom is -0.465 e. The number of nitrogens with one attached hydrogen (secondary N) is 1. The molecule has 2 heterocycles. The molecular weight excluding hydrogens is 268 g/mol. The van der Waals surface area contributed by atoms with Gasteiger partial charge in [-0.15, -0.1) is 0 Å². The SMILES string of the molecule is CCC1(CC)CC(Nc2cc(C(=O)OC)ccn2)CCO1. The number of pyridine rings is 1. The molecule has 0 saturated carbocycles. The zero-order valence-electron chi connectivity index (χ0n) is 13.0. The maximum absolute atomic E-state index is 11.6. The Bertz CT molecular complexity index is 486. The van der Waals surface area contributed by atoms with Crippen molar-refractivity contribution in [2.24, 2.45) is 0 Å². The van der Waals surface area contributed by atoms with Crippen LogP contribution in [-0.2, 0) is 9.47 Å². The van der Waals surface area contributed by atoms with Crippen molar-refractivity contribution in [3.8, 4) is 0 Å². The number of nitrogens with zero attached hydrogens (tertiary/aromatic N) is 1. The molecule has 1 saturated heterocycles. The lowest BCUT2D eigenvalue weighted by Gasteiger charge is -2.40. The van der Waals surface area contributed by atoms with Gasteiger partial charge in [0.15, 0.2) is 0 Å². The number of esters is 1. The van der Waals surface area contributed by atoms with Gasteiger partial charge < -0.3 is 14.8 Å². The molecule has 1 N–H and O–H groups in total. The molecule has 0 amide bonds. The van der Waals surface area contributed by atoms with E-state index in [1.807, 2.05) is 0 Å². The molecule has 1 aliphatic heterocycles. The van der Waals surface area contributed by atoms with Crippen LogP contribution in [-0.4, -0.2) is 36.3 Å². The van der Waals surface area contributed by atoms with Gasteiger partial charge in [-0.25, -0.2) is 9.78 Å². The van der Waals surface area contributed by atoms with Crippen LogP contribution in [0.4, 0.5) is 5.82 Å². The zero-order chi connectivity index (χ0) is 15.3. The van der Waals surface area contributed by atoms with E-state index in [0.29, 0.717) is 17.4 Å². The first kappa shape index (κ1) is 15.8. The lowest BCUT2D eigenvalue weighted by Crippen LogP contribution is -2.43. The first-order valence-corrected chi connectivity index (χ1v) is 7.57. The third kappa shape index (κ3) is 3.73. The molecule has 1 unspecified atom stereocenters. The highest BCUT2D eigenvalue weighted by Gasteiger charge is 2.34. The lowest BCUT2D eigenvalue weighted by atomic mass is 9.86. The van der Waals surface area contributed by atoms with Crippen molar-refractivity contribution >= 4 is 11.8 Å². The molecule has 0 spiro atoms. The molecule has 1 atom stereocenters. The van der Waals surface area contributed by atoms with Crippen LogP contribution in [0, 0.1) is 0 Å². The first-order valence-electron chi connectivity index (χ1n) is 7.57. The lowest BCUT2D eigenvalue weighted by molar-refractivity contribution is -0.0864. The Balaban J connectivity index is 2.06. The fourth-order valence-electron chi connectivity index (χ4n) is 2.86. The Morgan fingerprint density at radius 1 is 1.52 bits per heavy atom. The van der Waals surface area contributed by atoms with E-state index < -0.39 is 0 Å². The summed E-state index contributed by atoms with van der Waals surface area (Å²) in [5.74, 6) is 0.370. The molecule has 1 aromatic heterocycles. The average molecular weight is 292 g/mol. The molecule has 5 heteroatoms. The minimum absolute atomic E-state index is 0.0319. The molecule has 0 radical (unpaired) electrons. The van der Waals surface area contributed by atoms with Crippen molar-refractivity contribution in [2.45, 2.75) is 51.2 Å². The molecule has 0 bridgehead atoms. The molecule has 0 aromatic carbocycles. The number of carbonyl (C=O) groups is 1. The summed E-state index contributed by atoms with van der Waals surface area (Å²) in [6.07, 6.45) is 5.56. The minimum atomic E-state index is -0.344. The van der Waals surface area contributed by atoms with Gasteiger partial charge in [0.05, 0.1) is 18.3 Å². The Morgan fingerprint density at radius 2 is 2.29 bits per heavy atom. The van der Waals surface area contributed by atoms with Crippen LogP contribution in [0.3, 0.4) is 0 Å². The van der Waals surface area contributed by atoms with Gasteiger partial charge in [0.25, 0.3) is 0 Å². The van der Waals surface area contributed by atoms with Crippen molar-refractivity contribution in [3.63, 3.8) is 0 Å². The summed E-state index contributed by atoms with van der Waals surface area (Å²) in [5, 5.41) is 3.42. The second kappa shape index (κ2) is 6.89. The second-order valence-electron chi connectivity index (χ2n) is 5.49. The summed E-state index contributed by atoms with van der Waals surface area (Å²) in [7, 11) is 1.38. The monoisotopic (exact) mass is 292 g/mol. The van der Waals surface area contributed by atoms with Crippen LogP contribution in [0.2, 0.25) is 0 Å². The van der Waals surface area contributed by atoms with Crippen LogP contribution in [0.5, 0.6) is 0 Å². The fraction of sp³-hybridized carbons (Fsp3) is 0.625. The van der Waals surface area contributed by atoms with Crippen LogP contribution in [0.1, 0.15) is 49.9 Å². The molecule has 116 valence electrons. The number of carbonyl (C=O) groups excluding carboxylic acids is 1. The number of aromatic nitrogens is 1. The predicted octanol–water partition coefficient (Wildman–Crippen LogP) is 3.02. The number of hydrogen-bond donors (Lipinski definition) is 1. The Hall–Kier alpha value is -1.62. The molecule has 2 rings (SSSR count). The highest BCUT2D eigenvalue weighted by Crippen LogP contribution is 2.32. The van der Waals surface area contributed by atoms with Gasteiger partial charge in [-0.05, 0) is 37.8 Å². The van der Waals surface area contributed by atoms with E-state index in [2.05, 4.69) is 24.1 Å². The summed E-state index contributed by atoms with van der Waals surface area (Å²) < 4.78 is 10.7. The van der Waals surface area contributed by atoms with E-state index in [1.54, 1.807) is 18.3 Å². The van der Waals surface area contributed by atoms with Crippen molar-refractivity contribution in [3.05, 3.63) is 23.9 Å². The predicted molar refractivity (Wildman–Crippen MR) is 81.5 cm³/mol. The molecular formula is C16H24N2O3. The third-order valence-corrected chi connectivity index (χ3v) is 4.31. The molecule has 5 nitrogen and oxygen atoms in total. The van der Waals surface area contributed by atoms with Crippen molar-refractivity contribution in [1.82, 2.24) is 4.98 Å². The zero-order valence-corrected chi connectivity index (χ0v) is 13.0. The van der Waals surface area contributed by atoms with Crippen LogP contribution in [0.15, 0.2) is 18.3 Å². The summed E-state index contributed by atoms with van der Waals surface area (Å²) in [6, 6.07) is 3.71. The van der Waals surface area contributed by atoms with Gasteiger partial charge in [-0.2, -0.15) is 0 Å². The van der Waals surface area contributed by atoms with Gasteiger partial charge >= 0.3 is 5.97 Å². The van der Waals surface area contributed by atoms with E-state index in [4.69, 9.17) is 9.47 Å². The van der Waals surface area contributed by atoms with Gasteiger partial charge in [-0.3, -0.25) is 0 Å². The number of methoxy groups -OCH3 is 1. The summed E-state index contributed by atoms with van der Waals surface area (Å²) >= 11 is 0. The van der Waals surface area contributed by atoms with Crippen LogP contribution >= 0.6 is 0 Å². The smallest absolute Gasteiger partial charge is 0.338 e. The van der Waals surface area contributed by atoms with E-state index in [1.165, 1.54) is 7.11 Å². The Morgan fingerprint density at radius 3 is 2.95 bits per heavy atom. The summed E-state index contributed by atoms with van der Waals surface area (Å²) in [6.45, 7) is 5.10. The third-order valence-electron chi connectivity index (χ3n) is 4.31. The second-order valence-corrected chi connectivity index (χ2v) is 5.49. The van der Waals surface area contributed by atoms with Crippen molar-refractivity contribution in [1.29, 1.82) is 0 Å². The highest BCUT2D eigenvalue weighted by atomic mass is 16.5. The van der Waals surface area contributed by atoms with Gasteiger partial charge in [-0.1, -0.05) is 13.8 Å². The van der Waals surface area contributed by atoms with E-state index in [0.717, 1.165) is 32.3 Å². The number of rotatable bonds is 5. The number of hydrogen-bond acceptors (Lipinski definition) is 5. The quantitative estimate of drug-likeness (QED) is 0.845. The normalized spacial score (nSPS) is 20.8. The van der Waals surface area contributed by atoms with Gasteiger partial charge in [0.1, 0.15) is 5.82 Å². The fourth-order valence-corrected chi connectivity index (χ4v) is 2.86. The summed E-state index contributed by atoms with van der Waals surface area (Å²) in [5.41, 5.74) is 0.481. The van der Waals surface area contributed by atoms with Crippen molar-refractivity contribution < 1.29 is 14.3 Å². The molecule has 21 heavy (non-hydrogen) atoms. The molecule has 1 aromatic rings. The topological polar surface area (TPSA) is 60.5 Å². The molecule has 0 aliphatic carbocycles. The standard InChI is InChI=1S/C16H24N2O3/c1-4-16(5-2)11-13(7-9-21-16)18-14-10-12(6-8-17-14)15(19)20-3/h6,8,10,13H,4-5,7,9,11H2,1-3H3,(H,17,18). The van der Waals surface area contributed by atoms with Crippen LogP contribution in [0.25, 0.3) is 0 Å². The summed E-state index contributed by atoms with van der Waals surface area (Å²) in [4.78, 5) is 15.8. The first-order chi connectivity index (χ1) is 10.1. The van der Waals surface area contributed by atoms with Crippen LogP contribution < -0.4 is 5.32 Å². The Kier molecular flexibility index (Phi) is 5.17. The Labute approximate surface area is 126 Å². The maximum atomic E-state index is 11.6. The number of anilines is 1. The van der Waals surface area contributed by atoms with Gasteiger partial charge in [0, 0.05) is 18.8 Å². The van der Waals surface area contributed by atoms with E-state index in [-0.39, 0.29) is 11.6 Å². The molecule has 1 fully saturated rings. The molecule has 1 aliphatic rings. The maximum Gasteiger partial charge on any atom is 0.338 e. The van der Waals surface area contributed by atoms with E-state index >= 15 is 0 Å². The average Bonchev–Trinajstić information content (AvgIpc) is 2.54. The van der Waals surface area contributed by atoms with E-state index in [9.17, 15) is 4.79 Å². The van der Waals surface area contributed by atoms with Gasteiger partial charge in [0.2, 0.25) is 0 Å². The largest absolute Gasteiger partial charge is 0.465 e. The van der Waals surface area contributed by atoms with Crippen molar-refractivity contribution in [2.75, 3.05) is 19.0 Å². The number of ether oxygens (including phenoxy) is 2. The highest BCUT2D eigenvalue weighted by molar-refractivity contribution is 5.89.